The van der Waals surface area contributed by atoms with Crippen LogP contribution >= 0.6 is 0 Å². The number of hydrogen-bond donors (Lipinski definition) is 2. The Morgan fingerprint density at radius 2 is 2.05 bits per heavy atom. The van der Waals surface area contributed by atoms with Gasteiger partial charge in [-0.15, -0.1) is 0 Å². The molecule has 1 aliphatic rings. The number of piperazine rings is 1. The predicted molar refractivity (Wildman–Crippen MR) is 77.9 cm³/mol. The van der Waals surface area contributed by atoms with Gasteiger partial charge in [0.25, 0.3) is 0 Å². The number of halogens is 1. The molecular weight excluding hydrogens is 259 g/mol. The maximum absolute atomic E-state index is 13.4. The quantitative estimate of drug-likeness (QED) is 0.379. The minimum absolute atomic E-state index is 0.0597. The molecule has 0 atom stereocenters. The molecule has 5 nitrogen and oxygen atoms in total. The average Bonchev–Trinajstić information content (AvgIpc) is 2.47. The van der Waals surface area contributed by atoms with Crippen LogP contribution in [0.2, 0.25) is 0 Å². The van der Waals surface area contributed by atoms with Crippen molar-refractivity contribution >= 4 is 11.5 Å². The first kappa shape index (κ1) is 14.6. The molecule has 0 saturated carbocycles. The fourth-order valence-electron chi connectivity index (χ4n) is 2.57. The molecule has 1 fully saturated rings. The van der Waals surface area contributed by atoms with E-state index in [0.717, 1.165) is 44.8 Å². The number of nitrogens with two attached hydrogens (primary N) is 1. The summed E-state index contributed by atoms with van der Waals surface area (Å²) in [5.41, 5.74) is 6.90. The van der Waals surface area contributed by atoms with Crippen molar-refractivity contribution in [3.8, 4) is 0 Å². The van der Waals surface area contributed by atoms with Crippen LogP contribution in [0, 0.1) is 5.82 Å². The highest BCUT2D eigenvalue weighted by atomic mass is 19.1. The van der Waals surface area contributed by atoms with E-state index in [1.54, 1.807) is 6.07 Å². The lowest BCUT2D eigenvalue weighted by molar-refractivity contribution is 0.258. The van der Waals surface area contributed by atoms with Crippen LogP contribution in [0.3, 0.4) is 0 Å². The lowest BCUT2D eigenvalue weighted by Gasteiger charge is -2.36. The van der Waals surface area contributed by atoms with Crippen LogP contribution in [0.4, 0.5) is 10.1 Å². The molecule has 0 bridgehead atoms. The van der Waals surface area contributed by atoms with Gasteiger partial charge in [-0.3, -0.25) is 4.90 Å². The Morgan fingerprint density at radius 1 is 1.35 bits per heavy atom. The first-order chi connectivity index (χ1) is 9.65. The highest BCUT2D eigenvalue weighted by molar-refractivity contribution is 6.02. The van der Waals surface area contributed by atoms with E-state index in [1.807, 2.05) is 0 Å². The lowest BCUT2D eigenvalue weighted by atomic mass is 10.1. The Balaban J connectivity index is 2.17. The van der Waals surface area contributed by atoms with Crippen LogP contribution in [0.25, 0.3) is 0 Å². The second-order valence-electron chi connectivity index (χ2n) is 4.98. The van der Waals surface area contributed by atoms with E-state index in [9.17, 15) is 4.39 Å². The molecule has 1 aromatic rings. The number of hydrogen-bond acceptors (Lipinski definition) is 4. The second-order valence-corrected chi connectivity index (χ2v) is 4.98. The molecule has 0 amide bonds. The van der Waals surface area contributed by atoms with Crippen molar-refractivity contribution in [2.75, 3.05) is 37.6 Å². The molecule has 1 aliphatic heterocycles. The Kier molecular flexibility index (Phi) is 4.79. The van der Waals surface area contributed by atoms with Crippen molar-refractivity contribution in [2.24, 2.45) is 10.9 Å². The minimum Gasteiger partial charge on any atom is -0.409 e. The summed E-state index contributed by atoms with van der Waals surface area (Å²) in [4.78, 5) is 4.56. The van der Waals surface area contributed by atoms with E-state index in [4.69, 9.17) is 10.9 Å². The van der Waals surface area contributed by atoms with Gasteiger partial charge in [-0.2, -0.15) is 0 Å². The summed E-state index contributed by atoms with van der Waals surface area (Å²) in [6.45, 7) is 6.93. The molecule has 0 unspecified atom stereocenters. The van der Waals surface area contributed by atoms with E-state index < -0.39 is 0 Å². The van der Waals surface area contributed by atoms with Gasteiger partial charge < -0.3 is 15.8 Å². The summed E-state index contributed by atoms with van der Waals surface area (Å²) in [6, 6.07) is 4.41. The van der Waals surface area contributed by atoms with Gasteiger partial charge in [0, 0.05) is 37.4 Å². The first-order valence-corrected chi connectivity index (χ1v) is 6.90. The second kappa shape index (κ2) is 6.56. The predicted octanol–water partition coefficient (Wildman–Crippen LogP) is 1.45. The maximum atomic E-state index is 13.4. The summed E-state index contributed by atoms with van der Waals surface area (Å²) in [5.74, 6) is -0.449. The SMILES string of the molecule is CCCN1CCN(c2ccc(F)cc2C(N)=NO)CC1. The highest BCUT2D eigenvalue weighted by Gasteiger charge is 2.20. The van der Waals surface area contributed by atoms with Gasteiger partial charge in [-0.1, -0.05) is 12.1 Å². The fraction of sp³-hybridized carbons (Fsp3) is 0.500. The minimum atomic E-state index is -0.389. The molecule has 6 heteroatoms. The van der Waals surface area contributed by atoms with Crippen LogP contribution in [0.5, 0.6) is 0 Å². The standard InChI is InChI=1S/C14H21FN4O/c1-2-5-18-6-8-19(9-7-18)13-4-3-11(15)10-12(13)14(16)17-20/h3-4,10,20H,2,5-9H2,1H3,(H2,16,17). The molecule has 0 aromatic heterocycles. The molecule has 0 aliphatic carbocycles. The number of rotatable bonds is 4. The number of anilines is 1. The van der Waals surface area contributed by atoms with Crippen LogP contribution < -0.4 is 10.6 Å². The third-order valence-electron chi connectivity index (χ3n) is 3.60. The number of nitrogens with zero attached hydrogens (tertiary/aromatic N) is 3. The Morgan fingerprint density at radius 3 is 2.65 bits per heavy atom. The molecule has 20 heavy (non-hydrogen) atoms. The van der Waals surface area contributed by atoms with Crippen LogP contribution in [0.15, 0.2) is 23.4 Å². The summed E-state index contributed by atoms with van der Waals surface area (Å²) in [5, 5.41) is 11.8. The molecule has 0 radical (unpaired) electrons. The van der Waals surface area contributed by atoms with Gasteiger partial charge >= 0.3 is 0 Å². The van der Waals surface area contributed by atoms with E-state index >= 15 is 0 Å². The van der Waals surface area contributed by atoms with Gasteiger partial charge in [0.2, 0.25) is 0 Å². The third kappa shape index (κ3) is 3.19. The van der Waals surface area contributed by atoms with E-state index in [1.165, 1.54) is 12.1 Å². The summed E-state index contributed by atoms with van der Waals surface area (Å²) >= 11 is 0. The Bertz CT molecular complexity index is 484. The number of amidine groups is 1. The van der Waals surface area contributed by atoms with Gasteiger partial charge in [0.05, 0.1) is 0 Å². The monoisotopic (exact) mass is 280 g/mol. The van der Waals surface area contributed by atoms with Crippen molar-refractivity contribution in [1.82, 2.24) is 4.90 Å². The van der Waals surface area contributed by atoms with Gasteiger partial charge in [0.15, 0.2) is 5.84 Å². The largest absolute Gasteiger partial charge is 0.409 e. The summed E-state index contributed by atoms with van der Waals surface area (Å²) in [7, 11) is 0. The zero-order valence-corrected chi connectivity index (χ0v) is 11.7. The van der Waals surface area contributed by atoms with Crippen LogP contribution in [0.1, 0.15) is 18.9 Å². The zero-order valence-electron chi connectivity index (χ0n) is 11.7. The van der Waals surface area contributed by atoms with Crippen LogP contribution in [-0.4, -0.2) is 48.7 Å². The molecule has 2 rings (SSSR count). The number of benzene rings is 1. The Hall–Kier alpha value is -1.82. The van der Waals surface area contributed by atoms with Crippen molar-refractivity contribution < 1.29 is 9.60 Å². The van der Waals surface area contributed by atoms with Crippen molar-refractivity contribution in [3.05, 3.63) is 29.6 Å². The maximum Gasteiger partial charge on any atom is 0.172 e. The smallest absolute Gasteiger partial charge is 0.172 e. The molecule has 3 N–H and O–H groups in total. The molecular formula is C14H21FN4O. The zero-order chi connectivity index (χ0) is 14.5. The first-order valence-electron chi connectivity index (χ1n) is 6.90. The average molecular weight is 280 g/mol. The Labute approximate surface area is 118 Å². The molecule has 0 spiro atoms. The number of oxime groups is 1. The topological polar surface area (TPSA) is 65.1 Å². The van der Waals surface area contributed by atoms with Crippen molar-refractivity contribution in [2.45, 2.75) is 13.3 Å². The highest BCUT2D eigenvalue weighted by Crippen LogP contribution is 2.23. The van der Waals surface area contributed by atoms with Gasteiger partial charge in [-0.25, -0.2) is 4.39 Å². The summed E-state index contributed by atoms with van der Waals surface area (Å²) in [6.07, 6.45) is 1.14. The molecule has 110 valence electrons. The third-order valence-corrected chi connectivity index (χ3v) is 3.60. The molecule has 1 heterocycles. The summed E-state index contributed by atoms with van der Waals surface area (Å²) < 4.78 is 13.4. The van der Waals surface area contributed by atoms with Crippen LogP contribution in [-0.2, 0) is 0 Å². The van der Waals surface area contributed by atoms with E-state index in [0.29, 0.717) is 5.56 Å². The molecule has 1 saturated heterocycles. The normalized spacial score (nSPS) is 17.5. The van der Waals surface area contributed by atoms with Crippen molar-refractivity contribution in [3.63, 3.8) is 0 Å². The lowest BCUT2D eigenvalue weighted by Crippen LogP contribution is -2.47. The van der Waals surface area contributed by atoms with Gasteiger partial charge in [0.1, 0.15) is 5.82 Å². The fourth-order valence-corrected chi connectivity index (χ4v) is 2.57. The van der Waals surface area contributed by atoms with Gasteiger partial charge in [-0.05, 0) is 31.2 Å². The molecule has 1 aromatic carbocycles. The van der Waals surface area contributed by atoms with E-state index in [2.05, 4.69) is 21.9 Å². The van der Waals surface area contributed by atoms with E-state index in [-0.39, 0.29) is 11.7 Å². The van der Waals surface area contributed by atoms with Crippen molar-refractivity contribution in [1.29, 1.82) is 0 Å².